The van der Waals surface area contributed by atoms with E-state index >= 15 is 0 Å². The molecule has 0 bridgehead atoms. The number of nitrogens with two attached hydrogens (primary N) is 1. The molecule has 0 saturated heterocycles. The summed E-state index contributed by atoms with van der Waals surface area (Å²) >= 11 is 3.23. The van der Waals surface area contributed by atoms with Gasteiger partial charge in [0, 0.05) is 23.8 Å². The van der Waals surface area contributed by atoms with Gasteiger partial charge in [-0.05, 0) is 40.0 Å². The summed E-state index contributed by atoms with van der Waals surface area (Å²) in [6.07, 6.45) is 0. The Morgan fingerprint density at radius 3 is 2.47 bits per heavy atom. The van der Waals surface area contributed by atoms with Crippen molar-refractivity contribution in [2.75, 3.05) is 19.3 Å². The number of rotatable bonds is 4. The molecule has 6 heteroatoms. The molecule has 1 aromatic carbocycles. The number of sulfonamides is 1. The normalized spacial score (nSPS) is 12.4. The zero-order valence-electron chi connectivity index (χ0n) is 10.1. The molecule has 0 spiro atoms. The quantitative estimate of drug-likeness (QED) is 0.866. The first-order chi connectivity index (χ1) is 7.75. The summed E-state index contributed by atoms with van der Waals surface area (Å²) in [7, 11) is -1.87. The smallest absolute Gasteiger partial charge is 0.243 e. The average molecular weight is 321 g/mol. The molecule has 0 aliphatic rings. The Kier molecular flexibility index (Phi) is 4.57. The molecule has 17 heavy (non-hydrogen) atoms. The molecule has 4 nitrogen and oxygen atoms in total. The molecule has 96 valence electrons. The fraction of sp³-hybridized carbons (Fsp3) is 0.455. The van der Waals surface area contributed by atoms with E-state index in [-0.39, 0.29) is 10.8 Å². The minimum atomic E-state index is -3.45. The standard InChI is InChI=1S/C11H17BrN2O2S/c1-8(2)7-14(3)17(15,16)11-5-4-9(13)6-10(11)12/h4-6,8H,7,13H2,1-3H3. The van der Waals surface area contributed by atoms with Crippen LogP contribution < -0.4 is 5.73 Å². The first-order valence-corrected chi connectivity index (χ1v) is 7.50. The topological polar surface area (TPSA) is 63.4 Å². The van der Waals surface area contributed by atoms with Crippen LogP contribution in [0.15, 0.2) is 27.6 Å². The highest BCUT2D eigenvalue weighted by Gasteiger charge is 2.23. The summed E-state index contributed by atoms with van der Waals surface area (Å²) in [6, 6.07) is 4.70. The second kappa shape index (κ2) is 5.37. The number of hydrogen-bond donors (Lipinski definition) is 1. The molecule has 1 aromatic rings. The van der Waals surface area contributed by atoms with Gasteiger partial charge in [-0.15, -0.1) is 0 Å². The van der Waals surface area contributed by atoms with E-state index in [1.807, 2.05) is 13.8 Å². The third kappa shape index (κ3) is 3.43. The van der Waals surface area contributed by atoms with Crippen LogP contribution in [0.4, 0.5) is 5.69 Å². The van der Waals surface area contributed by atoms with Gasteiger partial charge in [0.05, 0.1) is 4.90 Å². The van der Waals surface area contributed by atoms with Crippen LogP contribution in [0.2, 0.25) is 0 Å². The minimum Gasteiger partial charge on any atom is -0.399 e. The number of nitrogens with zero attached hydrogens (tertiary/aromatic N) is 1. The van der Waals surface area contributed by atoms with E-state index in [0.717, 1.165) is 0 Å². The Labute approximate surface area is 111 Å². The Morgan fingerprint density at radius 1 is 1.41 bits per heavy atom. The molecule has 0 saturated carbocycles. The Balaban J connectivity index is 3.13. The highest BCUT2D eigenvalue weighted by atomic mass is 79.9. The van der Waals surface area contributed by atoms with Gasteiger partial charge in [-0.25, -0.2) is 12.7 Å². The van der Waals surface area contributed by atoms with Gasteiger partial charge in [0.25, 0.3) is 0 Å². The van der Waals surface area contributed by atoms with Crippen molar-refractivity contribution in [1.29, 1.82) is 0 Å². The third-order valence-corrected chi connectivity index (χ3v) is 5.07. The van der Waals surface area contributed by atoms with E-state index in [1.165, 1.54) is 10.4 Å². The molecule has 0 aromatic heterocycles. The number of nitrogen functional groups attached to an aromatic ring is 1. The van der Waals surface area contributed by atoms with Gasteiger partial charge in [0.1, 0.15) is 0 Å². The zero-order valence-corrected chi connectivity index (χ0v) is 12.5. The van der Waals surface area contributed by atoms with Crippen molar-refractivity contribution in [2.24, 2.45) is 5.92 Å². The fourth-order valence-corrected chi connectivity index (χ4v) is 3.89. The van der Waals surface area contributed by atoms with Crippen molar-refractivity contribution in [1.82, 2.24) is 4.31 Å². The third-order valence-electron chi connectivity index (χ3n) is 2.27. The number of anilines is 1. The molecule has 0 amide bonds. The maximum Gasteiger partial charge on any atom is 0.243 e. The van der Waals surface area contributed by atoms with Gasteiger partial charge in [0.2, 0.25) is 10.0 Å². The zero-order chi connectivity index (χ0) is 13.2. The monoisotopic (exact) mass is 320 g/mol. The molecule has 0 fully saturated rings. The number of benzene rings is 1. The Hall–Kier alpha value is -0.590. The van der Waals surface area contributed by atoms with Gasteiger partial charge >= 0.3 is 0 Å². The lowest BCUT2D eigenvalue weighted by Gasteiger charge is -2.20. The molecule has 0 aliphatic carbocycles. The van der Waals surface area contributed by atoms with Crippen molar-refractivity contribution in [3.63, 3.8) is 0 Å². The van der Waals surface area contributed by atoms with Crippen LogP contribution in [-0.2, 0) is 10.0 Å². The maximum atomic E-state index is 12.3. The molecule has 0 aliphatic heterocycles. The van der Waals surface area contributed by atoms with Gasteiger partial charge in [0.15, 0.2) is 0 Å². The summed E-state index contributed by atoms with van der Waals surface area (Å²) in [6.45, 7) is 4.44. The second-order valence-corrected chi connectivity index (χ2v) is 7.24. The predicted molar refractivity (Wildman–Crippen MR) is 73.2 cm³/mol. The highest BCUT2D eigenvalue weighted by molar-refractivity contribution is 9.10. The highest BCUT2D eigenvalue weighted by Crippen LogP contribution is 2.26. The fourth-order valence-electron chi connectivity index (χ4n) is 1.51. The molecule has 0 radical (unpaired) electrons. The van der Waals surface area contributed by atoms with E-state index in [1.54, 1.807) is 19.2 Å². The first kappa shape index (κ1) is 14.5. The largest absolute Gasteiger partial charge is 0.399 e. The SMILES string of the molecule is CC(C)CN(C)S(=O)(=O)c1ccc(N)cc1Br. The second-order valence-electron chi connectivity index (χ2n) is 4.37. The molecule has 0 atom stereocenters. The number of hydrogen-bond acceptors (Lipinski definition) is 3. The number of halogens is 1. The minimum absolute atomic E-state index is 0.245. The van der Waals surface area contributed by atoms with Crippen LogP contribution in [0.3, 0.4) is 0 Å². The van der Waals surface area contributed by atoms with E-state index in [4.69, 9.17) is 5.73 Å². The van der Waals surface area contributed by atoms with Crippen LogP contribution >= 0.6 is 15.9 Å². The lowest BCUT2D eigenvalue weighted by atomic mass is 10.2. The van der Waals surface area contributed by atoms with Crippen LogP contribution in [-0.4, -0.2) is 26.3 Å². The lowest BCUT2D eigenvalue weighted by molar-refractivity contribution is 0.417. The van der Waals surface area contributed by atoms with Crippen LogP contribution in [0, 0.1) is 5.92 Å². The Morgan fingerprint density at radius 2 is 2.00 bits per heavy atom. The van der Waals surface area contributed by atoms with E-state index in [0.29, 0.717) is 16.7 Å². The lowest BCUT2D eigenvalue weighted by Crippen LogP contribution is -2.30. The van der Waals surface area contributed by atoms with Crippen molar-refractivity contribution >= 4 is 31.6 Å². The maximum absolute atomic E-state index is 12.3. The van der Waals surface area contributed by atoms with Gasteiger partial charge in [-0.3, -0.25) is 0 Å². The summed E-state index contributed by atoms with van der Waals surface area (Å²) in [4.78, 5) is 0.245. The summed E-state index contributed by atoms with van der Waals surface area (Å²) in [5.74, 6) is 0.280. The van der Waals surface area contributed by atoms with E-state index < -0.39 is 10.0 Å². The van der Waals surface area contributed by atoms with Crippen molar-refractivity contribution < 1.29 is 8.42 Å². The molecule has 1 rings (SSSR count). The molecular formula is C11H17BrN2O2S. The van der Waals surface area contributed by atoms with Gasteiger partial charge < -0.3 is 5.73 Å². The van der Waals surface area contributed by atoms with Gasteiger partial charge in [-0.1, -0.05) is 13.8 Å². The van der Waals surface area contributed by atoms with Crippen molar-refractivity contribution in [2.45, 2.75) is 18.7 Å². The summed E-state index contributed by atoms with van der Waals surface area (Å²) in [5.41, 5.74) is 6.12. The molecule has 0 unspecified atom stereocenters. The molecular weight excluding hydrogens is 304 g/mol. The van der Waals surface area contributed by atoms with Crippen LogP contribution in [0.25, 0.3) is 0 Å². The van der Waals surface area contributed by atoms with E-state index in [9.17, 15) is 8.42 Å². The van der Waals surface area contributed by atoms with Gasteiger partial charge in [-0.2, -0.15) is 0 Å². The van der Waals surface area contributed by atoms with E-state index in [2.05, 4.69) is 15.9 Å². The molecule has 0 heterocycles. The summed E-state index contributed by atoms with van der Waals surface area (Å²) in [5, 5.41) is 0. The predicted octanol–water partition coefficient (Wildman–Crippen LogP) is 2.31. The Bertz CT molecular complexity index is 500. The first-order valence-electron chi connectivity index (χ1n) is 5.26. The summed E-state index contributed by atoms with van der Waals surface area (Å²) < 4.78 is 26.4. The van der Waals surface area contributed by atoms with Crippen LogP contribution in [0.5, 0.6) is 0 Å². The molecule has 2 N–H and O–H groups in total. The van der Waals surface area contributed by atoms with Crippen LogP contribution in [0.1, 0.15) is 13.8 Å². The average Bonchev–Trinajstić information content (AvgIpc) is 2.15. The van der Waals surface area contributed by atoms with Crippen molar-refractivity contribution in [3.8, 4) is 0 Å². The van der Waals surface area contributed by atoms with Crippen molar-refractivity contribution in [3.05, 3.63) is 22.7 Å².